The topological polar surface area (TPSA) is 77.6 Å². The molecule has 7 nitrogen and oxygen atoms in total. The fraction of sp³-hybridized carbons (Fsp3) is 0.217. The molecule has 0 aliphatic heterocycles. The van der Waals surface area contributed by atoms with Crippen LogP contribution >= 0.6 is 0 Å². The van der Waals surface area contributed by atoms with Crippen LogP contribution in [0, 0.1) is 19.7 Å². The fourth-order valence-corrected chi connectivity index (χ4v) is 3.56. The van der Waals surface area contributed by atoms with E-state index in [2.05, 4.69) is 20.5 Å². The average Bonchev–Trinajstić information content (AvgIpc) is 3.39. The summed E-state index contributed by atoms with van der Waals surface area (Å²) < 4.78 is 16.6. The highest BCUT2D eigenvalue weighted by Gasteiger charge is 2.17. The summed E-state index contributed by atoms with van der Waals surface area (Å²) in [6.45, 7) is 5.74. The second kappa shape index (κ2) is 8.51. The van der Waals surface area contributed by atoms with Crippen LogP contribution in [0.5, 0.6) is 0 Å². The molecule has 2 aromatic carbocycles. The van der Waals surface area contributed by atoms with Crippen molar-refractivity contribution in [2.75, 3.05) is 0 Å². The molecule has 158 valence electrons. The van der Waals surface area contributed by atoms with Gasteiger partial charge < -0.3 is 5.32 Å². The van der Waals surface area contributed by atoms with Gasteiger partial charge in [0, 0.05) is 11.3 Å². The largest absolute Gasteiger partial charge is 0.349 e. The number of benzene rings is 2. The van der Waals surface area contributed by atoms with Crippen LogP contribution in [0.3, 0.4) is 0 Å². The summed E-state index contributed by atoms with van der Waals surface area (Å²) in [5.74, 6) is -0.383. The molecule has 2 aromatic heterocycles. The van der Waals surface area contributed by atoms with Crippen LogP contribution in [-0.4, -0.2) is 30.5 Å². The molecule has 31 heavy (non-hydrogen) atoms. The molecule has 1 unspecified atom stereocenters. The first kappa shape index (κ1) is 20.5. The number of nitrogens with zero attached hydrogens (tertiary/aromatic N) is 5. The lowest BCUT2D eigenvalue weighted by Crippen LogP contribution is -2.28. The zero-order valence-electron chi connectivity index (χ0n) is 17.6. The van der Waals surface area contributed by atoms with Crippen molar-refractivity contribution >= 4 is 5.91 Å². The van der Waals surface area contributed by atoms with Gasteiger partial charge in [-0.3, -0.25) is 4.79 Å². The van der Waals surface area contributed by atoms with Gasteiger partial charge in [0.25, 0.3) is 0 Å². The molecule has 1 atom stereocenters. The molecule has 0 bridgehead atoms. The normalized spacial score (nSPS) is 12.0. The first-order valence-electron chi connectivity index (χ1n) is 9.97. The Morgan fingerprint density at radius 3 is 2.39 bits per heavy atom. The van der Waals surface area contributed by atoms with Gasteiger partial charge in [0.05, 0.1) is 29.5 Å². The lowest BCUT2D eigenvalue weighted by atomic mass is 10.1. The van der Waals surface area contributed by atoms with E-state index in [0.717, 1.165) is 33.9 Å². The number of amides is 1. The molecule has 0 saturated carbocycles. The van der Waals surface area contributed by atoms with Gasteiger partial charge in [0.15, 0.2) is 0 Å². The second-order valence-electron chi connectivity index (χ2n) is 7.44. The predicted molar refractivity (Wildman–Crippen MR) is 115 cm³/mol. The summed E-state index contributed by atoms with van der Waals surface area (Å²) in [5.41, 5.74) is 5.17. The molecule has 1 amide bonds. The average molecular weight is 418 g/mol. The highest BCUT2D eigenvalue weighted by atomic mass is 19.1. The van der Waals surface area contributed by atoms with Crippen molar-refractivity contribution in [3.8, 4) is 11.4 Å². The molecule has 0 spiro atoms. The summed E-state index contributed by atoms with van der Waals surface area (Å²) >= 11 is 0. The lowest BCUT2D eigenvalue weighted by Gasteiger charge is -2.15. The summed E-state index contributed by atoms with van der Waals surface area (Å²) in [6, 6.07) is 13.8. The van der Waals surface area contributed by atoms with E-state index >= 15 is 0 Å². The second-order valence-corrected chi connectivity index (χ2v) is 7.44. The molecule has 0 aliphatic rings. The van der Waals surface area contributed by atoms with Gasteiger partial charge in [0.1, 0.15) is 18.5 Å². The Hall–Kier alpha value is -3.81. The van der Waals surface area contributed by atoms with Crippen molar-refractivity contribution < 1.29 is 9.18 Å². The zero-order valence-corrected chi connectivity index (χ0v) is 17.6. The number of hydrogen-bond acceptors (Lipinski definition) is 4. The first-order chi connectivity index (χ1) is 14.9. The minimum Gasteiger partial charge on any atom is -0.349 e. The number of hydrogen-bond donors (Lipinski definition) is 1. The summed E-state index contributed by atoms with van der Waals surface area (Å²) in [6.07, 6.45) is 3.34. The zero-order chi connectivity index (χ0) is 22.0. The number of halogens is 1. The van der Waals surface area contributed by atoms with Gasteiger partial charge in [-0.1, -0.05) is 12.1 Å². The van der Waals surface area contributed by atoms with Gasteiger partial charge in [-0.25, -0.2) is 18.7 Å². The number of aromatic nitrogens is 5. The molecule has 2 heterocycles. The maximum Gasteiger partial charge on any atom is 0.225 e. The Morgan fingerprint density at radius 1 is 1.06 bits per heavy atom. The third kappa shape index (κ3) is 4.37. The number of carbonyl (C=O) groups is 1. The SMILES string of the molecule is Cc1nn(-c2ccc(F)cc2)c(C)c1CC(=O)NC(C)c1ccc(-n2cncn2)cc1. The number of carbonyl (C=O) groups excluding carboxylic acids is 1. The number of nitrogens with one attached hydrogen (secondary N) is 1. The fourth-order valence-electron chi connectivity index (χ4n) is 3.56. The van der Waals surface area contributed by atoms with Crippen LogP contribution in [0.15, 0.2) is 61.2 Å². The Morgan fingerprint density at radius 2 is 1.74 bits per heavy atom. The van der Waals surface area contributed by atoms with Crippen molar-refractivity contribution in [2.24, 2.45) is 0 Å². The van der Waals surface area contributed by atoms with Crippen molar-refractivity contribution in [1.82, 2.24) is 29.9 Å². The van der Waals surface area contributed by atoms with E-state index in [9.17, 15) is 9.18 Å². The highest BCUT2D eigenvalue weighted by molar-refractivity contribution is 5.79. The third-order valence-electron chi connectivity index (χ3n) is 5.30. The van der Waals surface area contributed by atoms with Crippen LogP contribution in [0.25, 0.3) is 11.4 Å². The highest BCUT2D eigenvalue weighted by Crippen LogP contribution is 2.20. The van der Waals surface area contributed by atoms with Crippen molar-refractivity contribution in [3.63, 3.8) is 0 Å². The van der Waals surface area contributed by atoms with Crippen LogP contribution in [0.4, 0.5) is 4.39 Å². The molecule has 4 aromatic rings. The Bertz CT molecular complexity index is 1180. The Kier molecular flexibility index (Phi) is 5.62. The van der Waals surface area contributed by atoms with E-state index < -0.39 is 0 Å². The van der Waals surface area contributed by atoms with E-state index in [1.807, 2.05) is 45.0 Å². The van der Waals surface area contributed by atoms with Gasteiger partial charge in [0.2, 0.25) is 5.91 Å². The quantitative estimate of drug-likeness (QED) is 0.519. The standard InChI is InChI=1S/C23H23FN6O/c1-15(18-4-8-20(9-5-18)29-14-25-13-26-29)27-23(31)12-22-16(2)28-30(17(22)3)21-10-6-19(24)7-11-21/h4-11,13-15H,12H2,1-3H3,(H,27,31). The van der Waals surface area contributed by atoms with Gasteiger partial charge in [-0.15, -0.1) is 0 Å². The molecule has 0 saturated heterocycles. The Balaban J connectivity index is 1.44. The van der Waals surface area contributed by atoms with Gasteiger partial charge in [-0.05, 0) is 62.7 Å². The molecule has 0 radical (unpaired) electrons. The van der Waals surface area contributed by atoms with Crippen LogP contribution in [0.2, 0.25) is 0 Å². The van der Waals surface area contributed by atoms with Gasteiger partial charge in [-0.2, -0.15) is 10.2 Å². The molecule has 8 heteroatoms. The Labute approximate surface area is 179 Å². The molecule has 4 rings (SSSR count). The monoisotopic (exact) mass is 418 g/mol. The van der Waals surface area contributed by atoms with Gasteiger partial charge >= 0.3 is 0 Å². The van der Waals surface area contributed by atoms with Crippen LogP contribution in [0.1, 0.15) is 35.5 Å². The number of aryl methyl sites for hydroxylation is 1. The third-order valence-corrected chi connectivity index (χ3v) is 5.30. The van der Waals surface area contributed by atoms with Crippen LogP contribution in [-0.2, 0) is 11.2 Å². The maximum absolute atomic E-state index is 13.2. The van der Waals surface area contributed by atoms with E-state index in [4.69, 9.17) is 0 Å². The van der Waals surface area contributed by atoms with E-state index in [0.29, 0.717) is 0 Å². The number of rotatable bonds is 6. The molecular formula is C23H23FN6O. The maximum atomic E-state index is 13.2. The van der Waals surface area contributed by atoms with Crippen molar-refractivity contribution in [1.29, 1.82) is 0 Å². The minimum absolute atomic E-state index is 0.0855. The summed E-state index contributed by atoms with van der Waals surface area (Å²) in [7, 11) is 0. The van der Waals surface area contributed by atoms with E-state index in [-0.39, 0.29) is 24.2 Å². The van der Waals surface area contributed by atoms with E-state index in [1.54, 1.807) is 27.8 Å². The molecule has 0 aliphatic carbocycles. The minimum atomic E-state index is -0.298. The molecule has 1 N–H and O–H groups in total. The van der Waals surface area contributed by atoms with Crippen molar-refractivity contribution in [2.45, 2.75) is 33.2 Å². The first-order valence-corrected chi connectivity index (χ1v) is 9.97. The van der Waals surface area contributed by atoms with E-state index in [1.165, 1.54) is 18.5 Å². The summed E-state index contributed by atoms with van der Waals surface area (Å²) in [4.78, 5) is 16.7. The smallest absolute Gasteiger partial charge is 0.225 e. The lowest BCUT2D eigenvalue weighted by molar-refractivity contribution is -0.121. The van der Waals surface area contributed by atoms with Crippen LogP contribution < -0.4 is 5.32 Å². The molecule has 0 fully saturated rings. The summed E-state index contributed by atoms with van der Waals surface area (Å²) in [5, 5.41) is 11.7. The molecular weight excluding hydrogens is 395 g/mol. The van der Waals surface area contributed by atoms with Crippen molar-refractivity contribution in [3.05, 3.63) is 89.5 Å². The predicted octanol–water partition coefficient (Wildman–Crippen LogP) is 3.63.